The highest BCUT2D eigenvalue weighted by molar-refractivity contribution is 7.75. The number of carbonyl (C=O) groups excluding carboxylic acids is 1. The molecule has 2 heterocycles. The fraction of sp³-hybridized carbons (Fsp3) is 0. The minimum Gasteiger partial charge on any atom is -0.208 e. The summed E-state index contributed by atoms with van der Waals surface area (Å²) in [4.78, 5) is 19.3. The van der Waals surface area contributed by atoms with E-state index in [0.29, 0.717) is 0 Å². The van der Waals surface area contributed by atoms with Crippen LogP contribution in [-0.2, 0) is 0 Å². The SMILES string of the molecule is O=C([s+]1ccnc1)[s+]1ccnc1. The van der Waals surface area contributed by atoms with Gasteiger partial charge in [-0.2, -0.15) is 4.79 Å². The van der Waals surface area contributed by atoms with Crippen LogP contribution >= 0.6 is 20.9 Å². The molecule has 0 aliphatic heterocycles. The van der Waals surface area contributed by atoms with Gasteiger partial charge in [-0.3, -0.25) is 0 Å². The van der Waals surface area contributed by atoms with Crippen LogP contribution in [0, 0.1) is 0 Å². The summed E-state index contributed by atoms with van der Waals surface area (Å²) >= 11 is 0. The molecule has 0 aliphatic rings. The fourth-order valence-electron chi connectivity index (χ4n) is 0.781. The predicted molar refractivity (Wildman–Crippen MR) is 49.6 cm³/mol. The van der Waals surface area contributed by atoms with Crippen LogP contribution in [0.3, 0.4) is 0 Å². The van der Waals surface area contributed by atoms with Crippen molar-refractivity contribution in [2.24, 2.45) is 0 Å². The van der Waals surface area contributed by atoms with Crippen LogP contribution in [0.25, 0.3) is 0 Å². The number of hydrogen-bond acceptors (Lipinski definition) is 3. The predicted octanol–water partition coefficient (Wildman–Crippen LogP) is 2.49. The van der Waals surface area contributed by atoms with Crippen LogP contribution in [0.1, 0.15) is 0 Å². The van der Waals surface area contributed by atoms with E-state index in [2.05, 4.69) is 9.97 Å². The van der Waals surface area contributed by atoms with Crippen molar-refractivity contribution < 1.29 is 4.79 Å². The fourth-order valence-corrected chi connectivity index (χ4v) is 3.60. The first-order valence-electron chi connectivity index (χ1n) is 3.25. The normalized spacial score (nSPS) is 13.0. The Morgan fingerprint density at radius 3 is 1.83 bits per heavy atom. The second-order valence-corrected chi connectivity index (χ2v) is 5.53. The van der Waals surface area contributed by atoms with E-state index in [1.807, 2.05) is 10.8 Å². The molecular weight excluding hydrogens is 192 g/mol. The first-order valence-corrected chi connectivity index (χ1v) is 5.96. The van der Waals surface area contributed by atoms with Gasteiger partial charge < -0.3 is 0 Å². The molecule has 2 rings (SSSR count). The lowest BCUT2D eigenvalue weighted by atomic mass is 11.0. The third kappa shape index (κ3) is 1.28. The molecule has 0 aromatic carbocycles. The van der Waals surface area contributed by atoms with Crippen LogP contribution in [0.5, 0.6) is 0 Å². The Hall–Kier alpha value is -1.07. The molecule has 2 aromatic heterocycles. The Morgan fingerprint density at radius 2 is 1.50 bits per heavy atom. The summed E-state index contributed by atoms with van der Waals surface area (Å²) in [7, 11) is -0.806. The largest absolute Gasteiger partial charge is 0.593 e. The van der Waals surface area contributed by atoms with Gasteiger partial charge in [0.25, 0.3) is 0 Å². The monoisotopic (exact) mass is 198 g/mol. The quantitative estimate of drug-likeness (QED) is 0.696. The summed E-state index contributed by atoms with van der Waals surface area (Å²) in [6, 6.07) is 0. The highest BCUT2D eigenvalue weighted by Gasteiger charge is 2.29. The van der Waals surface area contributed by atoms with Gasteiger partial charge in [0.05, 0.1) is 12.4 Å². The third-order valence-electron chi connectivity index (χ3n) is 1.32. The van der Waals surface area contributed by atoms with Crippen molar-refractivity contribution in [2.75, 3.05) is 0 Å². The standard InChI is InChI=1S/C7H6N2OS2/c10-7(11-3-1-8-5-11)12-4-2-9-6-12/h1-6H/q+2. The molecule has 0 amide bonds. The molecule has 2 aromatic rings. The summed E-state index contributed by atoms with van der Waals surface area (Å²) < 4.78 is 0.199. The molecule has 0 spiro atoms. The number of aromatic nitrogens is 2. The Kier molecular flexibility index (Phi) is 1.97. The lowest BCUT2D eigenvalue weighted by Crippen LogP contribution is -1.77. The van der Waals surface area contributed by atoms with E-state index >= 15 is 0 Å². The van der Waals surface area contributed by atoms with Gasteiger partial charge in [-0.1, -0.05) is 0 Å². The minimum atomic E-state index is -0.403. The van der Waals surface area contributed by atoms with E-state index in [0.717, 1.165) is 0 Å². The first kappa shape index (κ1) is 7.57. The van der Waals surface area contributed by atoms with Crippen LogP contribution < -0.4 is 0 Å². The summed E-state index contributed by atoms with van der Waals surface area (Å²) in [6.45, 7) is 0. The second kappa shape index (κ2) is 3.12. The smallest absolute Gasteiger partial charge is 0.208 e. The molecule has 0 bridgehead atoms. The molecule has 0 N–H and O–H groups in total. The van der Waals surface area contributed by atoms with Crippen molar-refractivity contribution in [1.82, 2.24) is 9.97 Å². The number of thiazole rings is 2. The van der Waals surface area contributed by atoms with Crippen molar-refractivity contribution in [3.05, 3.63) is 34.2 Å². The first-order chi connectivity index (χ1) is 5.88. The maximum absolute atomic E-state index is 11.6. The van der Waals surface area contributed by atoms with Crippen molar-refractivity contribution in [3.63, 3.8) is 0 Å². The van der Waals surface area contributed by atoms with E-state index in [9.17, 15) is 4.79 Å². The van der Waals surface area contributed by atoms with Gasteiger partial charge in [0, 0.05) is 0 Å². The van der Waals surface area contributed by atoms with E-state index in [4.69, 9.17) is 0 Å². The molecule has 2 unspecified atom stereocenters. The second-order valence-electron chi connectivity index (χ2n) is 2.07. The average molecular weight is 198 g/mol. The van der Waals surface area contributed by atoms with E-state index in [1.54, 1.807) is 23.4 Å². The Bertz CT molecular complexity index is 330. The molecule has 0 saturated heterocycles. The van der Waals surface area contributed by atoms with E-state index in [1.165, 1.54) is 0 Å². The Morgan fingerprint density at radius 1 is 1.00 bits per heavy atom. The molecule has 12 heavy (non-hydrogen) atoms. The van der Waals surface area contributed by atoms with Crippen molar-refractivity contribution >= 4 is 25.4 Å². The zero-order valence-corrected chi connectivity index (χ0v) is 7.72. The Labute approximate surface area is 74.7 Å². The van der Waals surface area contributed by atoms with Gasteiger partial charge in [-0.15, -0.1) is 0 Å². The highest BCUT2D eigenvalue weighted by Crippen LogP contribution is 2.29. The maximum Gasteiger partial charge on any atom is 0.593 e. The molecule has 0 fully saturated rings. The lowest BCUT2D eigenvalue weighted by Gasteiger charge is -1.70. The molecule has 3 nitrogen and oxygen atoms in total. The Balaban J connectivity index is 2.34. The van der Waals surface area contributed by atoms with Gasteiger partial charge in [0.2, 0.25) is 11.0 Å². The van der Waals surface area contributed by atoms with Crippen LogP contribution in [0.15, 0.2) is 34.2 Å². The number of nitrogens with zero attached hydrogens (tertiary/aromatic N) is 2. The summed E-state index contributed by atoms with van der Waals surface area (Å²) in [5.41, 5.74) is 3.38. The van der Waals surface area contributed by atoms with Gasteiger partial charge in [-0.25, -0.2) is 9.97 Å². The summed E-state index contributed by atoms with van der Waals surface area (Å²) in [6.07, 6.45) is 3.34. The lowest BCUT2D eigenvalue weighted by molar-refractivity contribution is 0.275. The van der Waals surface area contributed by atoms with Crippen LogP contribution in [0.4, 0.5) is 4.79 Å². The summed E-state index contributed by atoms with van der Waals surface area (Å²) in [5.74, 6) is 0. The summed E-state index contributed by atoms with van der Waals surface area (Å²) in [5, 5.41) is 3.66. The average Bonchev–Trinajstić information content (AvgIpc) is 2.77. The zero-order valence-electron chi connectivity index (χ0n) is 6.08. The van der Waals surface area contributed by atoms with E-state index in [-0.39, 0.29) is 4.45 Å². The van der Waals surface area contributed by atoms with Crippen molar-refractivity contribution in [2.45, 2.75) is 0 Å². The molecular formula is C7H6N2OS2+2. The molecule has 0 saturated carbocycles. The molecule has 2 atom stereocenters. The van der Waals surface area contributed by atoms with Crippen LogP contribution in [-0.4, -0.2) is 14.4 Å². The van der Waals surface area contributed by atoms with Crippen LogP contribution in [0.2, 0.25) is 0 Å². The molecule has 60 valence electrons. The van der Waals surface area contributed by atoms with E-state index < -0.39 is 20.9 Å². The van der Waals surface area contributed by atoms with Gasteiger partial charge in [0.1, 0.15) is 20.9 Å². The number of hydrogen-bond donors (Lipinski definition) is 0. The van der Waals surface area contributed by atoms with Crippen molar-refractivity contribution in [3.8, 4) is 0 Å². The van der Waals surface area contributed by atoms with Crippen molar-refractivity contribution in [1.29, 1.82) is 0 Å². The topological polar surface area (TPSA) is 42.9 Å². The van der Waals surface area contributed by atoms with Gasteiger partial charge in [-0.05, 0) is 0 Å². The highest BCUT2D eigenvalue weighted by atomic mass is 32.2. The van der Waals surface area contributed by atoms with Gasteiger partial charge in [0.15, 0.2) is 10.8 Å². The maximum atomic E-state index is 11.6. The number of rotatable bonds is 2. The number of carbonyl (C=O) groups is 1. The molecule has 5 heteroatoms. The molecule has 0 aliphatic carbocycles. The minimum absolute atomic E-state index is 0.199. The third-order valence-corrected chi connectivity index (χ3v) is 4.77. The van der Waals surface area contributed by atoms with Gasteiger partial charge >= 0.3 is 4.45 Å². The molecule has 0 radical (unpaired) electrons. The zero-order chi connectivity index (χ0) is 8.39.